The second-order valence-electron chi connectivity index (χ2n) is 6.82. The zero-order chi connectivity index (χ0) is 14.5. The highest BCUT2D eigenvalue weighted by Crippen LogP contribution is 2.35. The highest BCUT2D eigenvalue weighted by molar-refractivity contribution is 5.02. The standard InChI is InChI=1S/C17H31N3/c1-5-9-18-17-7-6-14(13(2)3)11-15(17)12-16-8-10-20(4)19-16/h8,10,13-15,17-18H,5-7,9,11-12H2,1-4H3. The molecule has 3 atom stereocenters. The smallest absolute Gasteiger partial charge is 0.0627 e. The number of nitrogens with one attached hydrogen (secondary N) is 1. The highest BCUT2D eigenvalue weighted by Gasteiger charge is 2.31. The van der Waals surface area contributed by atoms with Crippen LogP contribution in [0.1, 0.15) is 52.1 Å². The molecule has 1 aromatic heterocycles. The van der Waals surface area contributed by atoms with E-state index in [-0.39, 0.29) is 0 Å². The first-order chi connectivity index (χ1) is 9.60. The molecule has 1 heterocycles. The lowest BCUT2D eigenvalue weighted by Crippen LogP contribution is -2.42. The van der Waals surface area contributed by atoms with Crippen molar-refractivity contribution in [2.45, 2.75) is 58.9 Å². The summed E-state index contributed by atoms with van der Waals surface area (Å²) in [6.07, 6.45) is 8.49. The highest BCUT2D eigenvalue weighted by atomic mass is 15.2. The Balaban J connectivity index is 2.00. The zero-order valence-corrected chi connectivity index (χ0v) is 13.6. The molecule has 2 rings (SSSR count). The van der Waals surface area contributed by atoms with E-state index < -0.39 is 0 Å². The van der Waals surface area contributed by atoms with E-state index in [4.69, 9.17) is 0 Å². The van der Waals surface area contributed by atoms with Gasteiger partial charge in [0.2, 0.25) is 0 Å². The van der Waals surface area contributed by atoms with Crippen molar-refractivity contribution < 1.29 is 0 Å². The van der Waals surface area contributed by atoms with Crippen molar-refractivity contribution >= 4 is 0 Å². The summed E-state index contributed by atoms with van der Waals surface area (Å²) in [7, 11) is 2.01. The Morgan fingerprint density at radius 3 is 2.80 bits per heavy atom. The van der Waals surface area contributed by atoms with Crippen molar-refractivity contribution in [2.75, 3.05) is 6.54 Å². The van der Waals surface area contributed by atoms with E-state index in [9.17, 15) is 0 Å². The lowest BCUT2D eigenvalue weighted by molar-refractivity contribution is 0.167. The molecule has 0 amide bonds. The fraction of sp³-hybridized carbons (Fsp3) is 0.824. The van der Waals surface area contributed by atoms with Crippen LogP contribution in [0.2, 0.25) is 0 Å². The van der Waals surface area contributed by atoms with Gasteiger partial charge in [-0.25, -0.2) is 0 Å². The average molecular weight is 277 g/mol. The molecule has 1 aliphatic carbocycles. The first kappa shape index (κ1) is 15.6. The minimum atomic E-state index is 0.687. The van der Waals surface area contributed by atoms with E-state index in [0.717, 1.165) is 30.7 Å². The van der Waals surface area contributed by atoms with Gasteiger partial charge in [0, 0.05) is 19.3 Å². The van der Waals surface area contributed by atoms with Crippen molar-refractivity contribution in [1.82, 2.24) is 15.1 Å². The van der Waals surface area contributed by atoms with Gasteiger partial charge >= 0.3 is 0 Å². The molecule has 1 saturated carbocycles. The molecular weight excluding hydrogens is 246 g/mol. The maximum Gasteiger partial charge on any atom is 0.0627 e. The van der Waals surface area contributed by atoms with Gasteiger partial charge in [-0.15, -0.1) is 0 Å². The van der Waals surface area contributed by atoms with Crippen LogP contribution >= 0.6 is 0 Å². The number of hydrogen-bond acceptors (Lipinski definition) is 2. The van der Waals surface area contributed by atoms with Crippen molar-refractivity contribution in [3.63, 3.8) is 0 Å². The van der Waals surface area contributed by atoms with Gasteiger partial charge in [-0.1, -0.05) is 20.8 Å². The maximum absolute atomic E-state index is 4.58. The van der Waals surface area contributed by atoms with E-state index in [2.05, 4.69) is 43.4 Å². The minimum Gasteiger partial charge on any atom is -0.314 e. The van der Waals surface area contributed by atoms with Crippen LogP contribution in [-0.2, 0) is 13.5 Å². The SMILES string of the molecule is CCCNC1CCC(C(C)C)CC1Cc1ccn(C)n1. The number of rotatable bonds is 6. The molecule has 0 aliphatic heterocycles. The summed E-state index contributed by atoms with van der Waals surface area (Å²) < 4.78 is 1.92. The van der Waals surface area contributed by atoms with Crippen LogP contribution in [0.3, 0.4) is 0 Å². The first-order valence-electron chi connectivity index (χ1n) is 8.32. The number of aromatic nitrogens is 2. The van der Waals surface area contributed by atoms with Gasteiger partial charge in [-0.05, 0) is 62.5 Å². The zero-order valence-electron chi connectivity index (χ0n) is 13.6. The molecule has 0 bridgehead atoms. The van der Waals surface area contributed by atoms with E-state index in [1.807, 2.05) is 11.7 Å². The summed E-state index contributed by atoms with van der Waals surface area (Å²) in [5.74, 6) is 2.45. The Hall–Kier alpha value is -0.830. The molecule has 20 heavy (non-hydrogen) atoms. The summed E-state index contributed by atoms with van der Waals surface area (Å²) in [4.78, 5) is 0. The molecule has 1 fully saturated rings. The number of aryl methyl sites for hydroxylation is 1. The lowest BCUT2D eigenvalue weighted by Gasteiger charge is -2.38. The summed E-state index contributed by atoms with van der Waals surface area (Å²) in [6, 6.07) is 2.86. The molecule has 0 radical (unpaired) electrons. The predicted molar refractivity (Wildman–Crippen MR) is 84.7 cm³/mol. The van der Waals surface area contributed by atoms with Gasteiger partial charge in [0.15, 0.2) is 0 Å². The summed E-state index contributed by atoms with van der Waals surface area (Å²) in [5.41, 5.74) is 1.25. The quantitative estimate of drug-likeness (QED) is 0.863. The fourth-order valence-corrected chi connectivity index (χ4v) is 3.57. The second-order valence-corrected chi connectivity index (χ2v) is 6.82. The third-order valence-corrected chi connectivity index (χ3v) is 4.86. The number of nitrogens with zero attached hydrogens (tertiary/aromatic N) is 2. The van der Waals surface area contributed by atoms with Gasteiger partial charge in [0.1, 0.15) is 0 Å². The van der Waals surface area contributed by atoms with Crippen LogP contribution in [0.5, 0.6) is 0 Å². The Morgan fingerprint density at radius 1 is 1.40 bits per heavy atom. The van der Waals surface area contributed by atoms with Crippen LogP contribution < -0.4 is 5.32 Å². The van der Waals surface area contributed by atoms with E-state index in [1.165, 1.54) is 31.4 Å². The fourth-order valence-electron chi connectivity index (χ4n) is 3.57. The predicted octanol–water partition coefficient (Wildman–Crippen LogP) is 3.40. The molecular formula is C17H31N3. The van der Waals surface area contributed by atoms with Crippen molar-refractivity contribution in [3.8, 4) is 0 Å². The Morgan fingerprint density at radius 2 is 2.20 bits per heavy atom. The summed E-state index contributed by atoms with van der Waals surface area (Å²) in [5, 5.41) is 8.35. The Labute approximate surface area is 124 Å². The Bertz CT molecular complexity index is 397. The van der Waals surface area contributed by atoms with Crippen molar-refractivity contribution in [2.24, 2.45) is 24.8 Å². The van der Waals surface area contributed by atoms with Crippen molar-refractivity contribution in [3.05, 3.63) is 18.0 Å². The molecule has 1 aromatic rings. The van der Waals surface area contributed by atoms with Crippen LogP contribution in [-0.4, -0.2) is 22.4 Å². The monoisotopic (exact) mass is 277 g/mol. The van der Waals surface area contributed by atoms with Crippen LogP contribution in [0.25, 0.3) is 0 Å². The molecule has 114 valence electrons. The molecule has 1 aliphatic rings. The van der Waals surface area contributed by atoms with Gasteiger partial charge in [-0.2, -0.15) is 5.10 Å². The van der Waals surface area contributed by atoms with E-state index >= 15 is 0 Å². The third-order valence-electron chi connectivity index (χ3n) is 4.86. The summed E-state index contributed by atoms with van der Waals surface area (Å²) >= 11 is 0. The number of hydrogen-bond donors (Lipinski definition) is 1. The lowest BCUT2D eigenvalue weighted by atomic mass is 9.72. The Kier molecular flexibility index (Phi) is 5.64. The molecule has 3 heteroatoms. The van der Waals surface area contributed by atoms with Gasteiger partial charge in [0.25, 0.3) is 0 Å². The topological polar surface area (TPSA) is 29.9 Å². The normalized spacial score (nSPS) is 27.1. The molecule has 0 spiro atoms. The average Bonchev–Trinajstić information content (AvgIpc) is 2.82. The first-order valence-corrected chi connectivity index (χ1v) is 8.32. The minimum absolute atomic E-state index is 0.687. The van der Waals surface area contributed by atoms with E-state index in [1.54, 1.807) is 0 Å². The molecule has 0 saturated heterocycles. The molecule has 3 unspecified atom stereocenters. The van der Waals surface area contributed by atoms with E-state index in [0.29, 0.717) is 6.04 Å². The van der Waals surface area contributed by atoms with Crippen LogP contribution in [0.15, 0.2) is 12.3 Å². The van der Waals surface area contributed by atoms with Gasteiger partial charge < -0.3 is 5.32 Å². The van der Waals surface area contributed by atoms with Crippen LogP contribution in [0.4, 0.5) is 0 Å². The van der Waals surface area contributed by atoms with Crippen LogP contribution in [0, 0.1) is 17.8 Å². The second kappa shape index (κ2) is 7.26. The maximum atomic E-state index is 4.58. The van der Waals surface area contributed by atoms with Gasteiger partial charge in [-0.3, -0.25) is 4.68 Å². The third kappa shape index (κ3) is 4.08. The van der Waals surface area contributed by atoms with Gasteiger partial charge in [0.05, 0.1) is 5.69 Å². The molecule has 1 N–H and O–H groups in total. The largest absolute Gasteiger partial charge is 0.314 e. The molecule has 3 nitrogen and oxygen atoms in total. The molecule has 0 aromatic carbocycles. The summed E-state index contributed by atoms with van der Waals surface area (Å²) in [6.45, 7) is 8.15. The van der Waals surface area contributed by atoms with Crippen molar-refractivity contribution in [1.29, 1.82) is 0 Å².